The molecule has 0 amide bonds. The van der Waals surface area contributed by atoms with Crippen molar-refractivity contribution in [3.8, 4) is 11.8 Å². The molecular formula is C15H13NO2S. The zero-order valence-corrected chi connectivity index (χ0v) is 11.6. The van der Waals surface area contributed by atoms with E-state index in [1.807, 2.05) is 31.2 Å². The molecule has 0 spiro atoms. The number of hydrogen-bond donors (Lipinski definition) is 0. The quantitative estimate of drug-likeness (QED) is 0.622. The maximum atomic E-state index is 11.5. The van der Waals surface area contributed by atoms with Crippen LogP contribution < -0.4 is 0 Å². The van der Waals surface area contributed by atoms with Crippen LogP contribution in [-0.4, -0.2) is 17.6 Å². The minimum Gasteiger partial charge on any atom is -0.462 e. The van der Waals surface area contributed by atoms with Crippen LogP contribution in [0.1, 0.15) is 32.7 Å². The van der Waals surface area contributed by atoms with Gasteiger partial charge in [0.15, 0.2) is 5.01 Å². The summed E-state index contributed by atoms with van der Waals surface area (Å²) in [5.41, 5.74) is 2.13. The summed E-state index contributed by atoms with van der Waals surface area (Å²) in [4.78, 5) is 16.0. The highest BCUT2D eigenvalue weighted by Crippen LogP contribution is 2.13. The van der Waals surface area contributed by atoms with Crippen LogP contribution in [0.15, 0.2) is 30.5 Å². The molecule has 2 aromatic rings. The first-order valence-corrected chi connectivity index (χ1v) is 6.72. The molecule has 0 atom stereocenters. The molecule has 1 aromatic heterocycles. The summed E-state index contributed by atoms with van der Waals surface area (Å²) in [7, 11) is 0. The molecular weight excluding hydrogens is 258 g/mol. The Morgan fingerprint density at radius 3 is 2.74 bits per heavy atom. The lowest BCUT2D eigenvalue weighted by Crippen LogP contribution is -2.01. The number of aromatic nitrogens is 1. The minimum atomic E-state index is -0.344. The average molecular weight is 271 g/mol. The first-order valence-electron chi connectivity index (χ1n) is 5.90. The lowest BCUT2D eigenvalue weighted by atomic mass is 10.2. The number of benzene rings is 1. The Kier molecular flexibility index (Phi) is 4.32. The molecule has 0 N–H and O–H groups in total. The predicted octanol–water partition coefficient (Wildman–Crippen LogP) is 3.03. The number of ether oxygens (including phenoxy) is 1. The summed E-state index contributed by atoms with van der Waals surface area (Å²) in [6.45, 7) is 4.17. The van der Waals surface area contributed by atoms with Crippen molar-refractivity contribution in [2.24, 2.45) is 0 Å². The molecule has 0 unspecified atom stereocenters. The topological polar surface area (TPSA) is 39.2 Å². The van der Waals surface area contributed by atoms with E-state index in [2.05, 4.69) is 16.8 Å². The van der Waals surface area contributed by atoms with Gasteiger partial charge in [-0.25, -0.2) is 9.78 Å². The van der Waals surface area contributed by atoms with E-state index in [-0.39, 0.29) is 5.97 Å². The van der Waals surface area contributed by atoms with E-state index in [0.29, 0.717) is 16.5 Å². The third-order valence-electron chi connectivity index (χ3n) is 2.35. The SMILES string of the molecule is CCOC(=O)c1cnc(C#Cc2ccc(C)cc2)s1. The predicted molar refractivity (Wildman–Crippen MR) is 75.2 cm³/mol. The monoisotopic (exact) mass is 271 g/mol. The van der Waals surface area contributed by atoms with Crippen LogP contribution in [0.5, 0.6) is 0 Å². The van der Waals surface area contributed by atoms with Gasteiger partial charge in [-0.1, -0.05) is 35.0 Å². The highest BCUT2D eigenvalue weighted by Gasteiger charge is 2.09. The molecule has 0 bridgehead atoms. The number of nitrogens with zero attached hydrogens (tertiary/aromatic N) is 1. The molecule has 2 rings (SSSR count). The molecule has 96 valence electrons. The van der Waals surface area contributed by atoms with Crippen molar-refractivity contribution in [1.82, 2.24) is 4.98 Å². The van der Waals surface area contributed by atoms with E-state index in [1.54, 1.807) is 6.92 Å². The molecule has 0 saturated carbocycles. The number of carbonyl (C=O) groups is 1. The fraction of sp³-hybridized carbons (Fsp3) is 0.200. The number of hydrogen-bond acceptors (Lipinski definition) is 4. The van der Waals surface area contributed by atoms with Crippen LogP contribution in [0.3, 0.4) is 0 Å². The Bertz CT molecular complexity index is 632. The summed E-state index contributed by atoms with van der Waals surface area (Å²) in [5.74, 6) is 5.62. The molecule has 0 fully saturated rings. The van der Waals surface area contributed by atoms with Gasteiger partial charge >= 0.3 is 5.97 Å². The van der Waals surface area contributed by atoms with Crippen molar-refractivity contribution >= 4 is 17.3 Å². The van der Waals surface area contributed by atoms with Crippen LogP contribution >= 0.6 is 11.3 Å². The van der Waals surface area contributed by atoms with Crippen molar-refractivity contribution < 1.29 is 9.53 Å². The van der Waals surface area contributed by atoms with Gasteiger partial charge in [-0.2, -0.15) is 0 Å². The summed E-state index contributed by atoms with van der Waals surface area (Å²) in [5, 5.41) is 0.614. The fourth-order valence-electron chi connectivity index (χ4n) is 1.39. The molecule has 0 aliphatic rings. The maximum Gasteiger partial charge on any atom is 0.349 e. The second-order valence-corrected chi connectivity index (χ2v) is 4.90. The van der Waals surface area contributed by atoms with Crippen molar-refractivity contribution in [1.29, 1.82) is 0 Å². The van der Waals surface area contributed by atoms with Gasteiger partial charge in [-0.05, 0) is 31.9 Å². The van der Waals surface area contributed by atoms with E-state index >= 15 is 0 Å². The number of carbonyl (C=O) groups excluding carboxylic acids is 1. The first-order chi connectivity index (χ1) is 9.19. The Morgan fingerprint density at radius 2 is 2.05 bits per heavy atom. The first kappa shape index (κ1) is 13.3. The van der Waals surface area contributed by atoms with E-state index in [4.69, 9.17) is 4.74 Å². The maximum absolute atomic E-state index is 11.5. The highest BCUT2D eigenvalue weighted by atomic mass is 32.1. The summed E-state index contributed by atoms with van der Waals surface area (Å²) < 4.78 is 4.90. The third kappa shape index (κ3) is 3.67. The molecule has 0 radical (unpaired) electrons. The van der Waals surface area contributed by atoms with E-state index in [0.717, 1.165) is 5.56 Å². The zero-order chi connectivity index (χ0) is 13.7. The highest BCUT2D eigenvalue weighted by molar-refractivity contribution is 7.14. The summed E-state index contributed by atoms with van der Waals surface area (Å²) in [6, 6.07) is 7.94. The molecule has 1 heterocycles. The van der Waals surface area contributed by atoms with E-state index < -0.39 is 0 Å². The number of esters is 1. The van der Waals surface area contributed by atoms with Crippen molar-refractivity contribution in [3.05, 3.63) is 51.5 Å². The van der Waals surface area contributed by atoms with Gasteiger partial charge in [0.25, 0.3) is 0 Å². The number of thiazole rings is 1. The standard InChI is InChI=1S/C15H13NO2S/c1-3-18-15(17)13-10-16-14(19-13)9-8-12-6-4-11(2)5-7-12/h4-7,10H,3H2,1-2H3. The molecule has 1 aromatic carbocycles. The largest absolute Gasteiger partial charge is 0.462 e. The molecule has 4 heteroatoms. The third-order valence-corrected chi connectivity index (χ3v) is 3.24. The van der Waals surface area contributed by atoms with Gasteiger partial charge in [0.1, 0.15) is 4.88 Å². The zero-order valence-electron chi connectivity index (χ0n) is 10.8. The van der Waals surface area contributed by atoms with Gasteiger partial charge in [-0.3, -0.25) is 0 Å². The van der Waals surface area contributed by atoms with E-state index in [1.165, 1.54) is 23.1 Å². The summed E-state index contributed by atoms with van der Waals surface area (Å²) >= 11 is 1.24. The van der Waals surface area contributed by atoms with Gasteiger partial charge in [-0.15, -0.1) is 0 Å². The van der Waals surface area contributed by atoms with Crippen molar-refractivity contribution in [2.45, 2.75) is 13.8 Å². The Hall–Kier alpha value is -2.12. The Morgan fingerprint density at radius 1 is 1.32 bits per heavy atom. The Labute approximate surface area is 116 Å². The second-order valence-electron chi connectivity index (χ2n) is 3.87. The summed E-state index contributed by atoms with van der Waals surface area (Å²) in [6.07, 6.45) is 1.50. The molecule has 0 aliphatic heterocycles. The van der Waals surface area contributed by atoms with Crippen LogP contribution in [0, 0.1) is 18.8 Å². The number of rotatable bonds is 2. The van der Waals surface area contributed by atoms with Crippen molar-refractivity contribution in [2.75, 3.05) is 6.61 Å². The van der Waals surface area contributed by atoms with Gasteiger partial charge < -0.3 is 4.74 Å². The van der Waals surface area contributed by atoms with Crippen LogP contribution in [0.25, 0.3) is 0 Å². The van der Waals surface area contributed by atoms with Gasteiger partial charge in [0.2, 0.25) is 0 Å². The molecule has 0 saturated heterocycles. The minimum absolute atomic E-state index is 0.344. The number of aryl methyl sites for hydroxylation is 1. The van der Waals surface area contributed by atoms with Crippen LogP contribution in [0.2, 0.25) is 0 Å². The fourth-order valence-corrected chi connectivity index (χ4v) is 2.05. The molecule has 19 heavy (non-hydrogen) atoms. The van der Waals surface area contributed by atoms with Crippen LogP contribution in [0.4, 0.5) is 0 Å². The lowest BCUT2D eigenvalue weighted by Gasteiger charge is -1.95. The van der Waals surface area contributed by atoms with Gasteiger partial charge in [0.05, 0.1) is 12.8 Å². The molecule has 3 nitrogen and oxygen atoms in total. The molecule has 0 aliphatic carbocycles. The van der Waals surface area contributed by atoms with Crippen LogP contribution in [-0.2, 0) is 4.74 Å². The average Bonchev–Trinajstić information content (AvgIpc) is 2.87. The van der Waals surface area contributed by atoms with E-state index in [9.17, 15) is 4.79 Å². The van der Waals surface area contributed by atoms with Crippen molar-refractivity contribution in [3.63, 3.8) is 0 Å². The van der Waals surface area contributed by atoms with Gasteiger partial charge in [0, 0.05) is 5.56 Å². The lowest BCUT2D eigenvalue weighted by molar-refractivity contribution is 0.0532. The Balaban J connectivity index is 2.12. The normalized spacial score (nSPS) is 9.58. The second kappa shape index (κ2) is 6.17. The smallest absolute Gasteiger partial charge is 0.349 e.